The quantitative estimate of drug-likeness (QED) is 0.717. The second kappa shape index (κ2) is 6.03. The van der Waals surface area contributed by atoms with Crippen molar-refractivity contribution in [3.05, 3.63) is 23.7 Å². The van der Waals surface area contributed by atoms with Gasteiger partial charge in [-0.15, -0.1) is 0 Å². The molecule has 0 saturated carbocycles. The van der Waals surface area contributed by atoms with Crippen LogP contribution in [0, 0.1) is 0 Å². The van der Waals surface area contributed by atoms with Gasteiger partial charge in [-0.1, -0.05) is 0 Å². The summed E-state index contributed by atoms with van der Waals surface area (Å²) in [5.41, 5.74) is 5.47. The summed E-state index contributed by atoms with van der Waals surface area (Å²) in [5.74, 6) is 1.80. The lowest BCUT2D eigenvalue weighted by atomic mass is 10.2. The second-order valence-corrected chi connectivity index (χ2v) is 4.17. The van der Waals surface area contributed by atoms with E-state index in [-0.39, 0.29) is 0 Å². The summed E-state index contributed by atoms with van der Waals surface area (Å²) in [6.07, 6.45) is 3.97. The number of furan rings is 1. The topological polar surface area (TPSA) is 60.4 Å². The Hall–Kier alpha value is -0.840. The molecule has 2 heterocycles. The molecular formula is C12H20N2O2. The van der Waals surface area contributed by atoms with E-state index in [9.17, 15) is 0 Å². The fraction of sp³-hybridized carbons (Fsp3) is 0.667. The predicted molar refractivity (Wildman–Crippen MR) is 61.9 cm³/mol. The van der Waals surface area contributed by atoms with Crippen LogP contribution in [0.25, 0.3) is 0 Å². The van der Waals surface area contributed by atoms with Crippen molar-refractivity contribution in [2.45, 2.75) is 38.5 Å². The van der Waals surface area contributed by atoms with Crippen molar-refractivity contribution in [1.29, 1.82) is 0 Å². The van der Waals surface area contributed by atoms with Crippen molar-refractivity contribution in [2.75, 3.05) is 13.2 Å². The monoisotopic (exact) mass is 224 g/mol. The van der Waals surface area contributed by atoms with E-state index in [1.54, 1.807) is 0 Å². The predicted octanol–water partition coefficient (Wildman–Crippen LogP) is 1.40. The zero-order valence-corrected chi connectivity index (χ0v) is 9.58. The average Bonchev–Trinajstić information content (AvgIpc) is 2.95. The number of ether oxygens (including phenoxy) is 1. The minimum Gasteiger partial charge on any atom is -0.463 e. The highest BCUT2D eigenvalue weighted by atomic mass is 16.5. The van der Waals surface area contributed by atoms with E-state index in [1.807, 2.05) is 12.1 Å². The number of hydrogen-bond acceptors (Lipinski definition) is 4. The normalized spacial score (nSPS) is 20.4. The fourth-order valence-electron chi connectivity index (χ4n) is 1.97. The maximum absolute atomic E-state index is 5.55. The number of rotatable bonds is 6. The minimum absolute atomic E-state index is 0.462. The van der Waals surface area contributed by atoms with Gasteiger partial charge >= 0.3 is 0 Å². The molecule has 1 aliphatic rings. The first kappa shape index (κ1) is 11.6. The Morgan fingerprint density at radius 2 is 2.25 bits per heavy atom. The molecule has 1 atom stereocenters. The van der Waals surface area contributed by atoms with Crippen LogP contribution in [0.4, 0.5) is 0 Å². The molecule has 0 bridgehead atoms. The average molecular weight is 224 g/mol. The molecule has 1 unspecified atom stereocenters. The van der Waals surface area contributed by atoms with Gasteiger partial charge in [0.1, 0.15) is 11.5 Å². The van der Waals surface area contributed by atoms with Crippen LogP contribution in [-0.2, 0) is 17.8 Å². The smallest absolute Gasteiger partial charge is 0.118 e. The van der Waals surface area contributed by atoms with Gasteiger partial charge in [-0.05, 0) is 37.9 Å². The van der Waals surface area contributed by atoms with Gasteiger partial charge in [-0.2, -0.15) is 0 Å². The molecular weight excluding hydrogens is 204 g/mol. The summed E-state index contributed by atoms with van der Waals surface area (Å²) >= 11 is 0. The van der Waals surface area contributed by atoms with Crippen molar-refractivity contribution in [1.82, 2.24) is 5.32 Å². The first-order valence-corrected chi connectivity index (χ1v) is 5.98. The number of hydrogen-bond donors (Lipinski definition) is 2. The zero-order valence-electron chi connectivity index (χ0n) is 9.58. The lowest BCUT2D eigenvalue weighted by Gasteiger charge is -2.08. The molecule has 3 N–H and O–H groups in total. The Kier molecular flexibility index (Phi) is 4.39. The van der Waals surface area contributed by atoms with Crippen LogP contribution in [-0.4, -0.2) is 19.3 Å². The van der Waals surface area contributed by atoms with Gasteiger partial charge < -0.3 is 20.2 Å². The van der Waals surface area contributed by atoms with E-state index in [1.165, 1.54) is 12.8 Å². The molecule has 1 aromatic heterocycles. The third-order valence-corrected chi connectivity index (χ3v) is 2.88. The van der Waals surface area contributed by atoms with Gasteiger partial charge in [0.2, 0.25) is 0 Å². The van der Waals surface area contributed by atoms with E-state index in [0.29, 0.717) is 12.6 Å². The Balaban J connectivity index is 1.60. The molecule has 0 amide bonds. The van der Waals surface area contributed by atoms with Crippen molar-refractivity contribution < 1.29 is 9.15 Å². The minimum atomic E-state index is 0.462. The van der Waals surface area contributed by atoms with Gasteiger partial charge in [0, 0.05) is 6.61 Å². The number of nitrogens with one attached hydrogen (secondary N) is 1. The van der Waals surface area contributed by atoms with Crippen LogP contribution in [0.15, 0.2) is 16.5 Å². The molecule has 1 fully saturated rings. The molecule has 0 aliphatic carbocycles. The third kappa shape index (κ3) is 3.33. The first-order chi connectivity index (χ1) is 7.88. The van der Waals surface area contributed by atoms with Gasteiger partial charge in [-0.3, -0.25) is 0 Å². The standard InChI is InChI=1S/C12H20N2O2/c13-8-11-3-4-12(16-11)9-14-6-5-10-2-1-7-15-10/h3-4,10,14H,1-2,5-9,13H2. The van der Waals surface area contributed by atoms with E-state index in [2.05, 4.69) is 5.32 Å². The maximum Gasteiger partial charge on any atom is 0.118 e. The van der Waals surface area contributed by atoms with E-state index < -0.39 is 0 Å². The zero-order chi connectivity index (χ0) is 11.2. The van der Waals surface area contributed by atoms with Crippen LogP contribution in [0.3, 0.4) is 0 Å². The van der Waals surface area contributed by atoms with Crippen molar-refractivity contribution in [2.24, 2.45) is 5.73 Å². The van der Waals surface area contributed by atoms with Crippen LogP contribution in [0.5, 0.6) is 0 Å². The molecule has 4 nitrogen and oxygen atoms in total. The van der Waals surface area contributed by atoms with Crippen molar-refractivity contribution >= 4 is 0 Å². The summed E-state index contributed by atoms with van der Waals surface area (Å²) in [6.45, 7) is 3.15. The molecule has 0 radical (unpaired) electrons. The molecule has 1 saturated heterocycles. The maximum atomic E-state index is 5.55. The van der Waals surface area contributed by atoms with Crippen LogP contribution >= 0.6 is 0 Å². The molecule has 0 spiro atoms. The Morgan fingerprint density at radius 3 is 2.94 bits per heavy atom. The fourth-order valence-corrected chi connectivity index (χ4v) is 1.97. The highest BCUT2D eigenvalue weighted by Crippen LogP contribution is 2.14. The molecule has 0 aromatic carbocycles. The van der Waals surface area contributed by atoms with Gasteiger partial charge in [-0.25, -0.2) is 0 Å². The van der Waals surface area contributed by atoms with E-state index >= 15 is 0 Å². The van der Waals surface area contributed by atoms with Crippen LogP contribution in [0.1, 0.15) is 30.8 Å². The van der Waals surface area contributed by atoms with Crippen molar-refractivity contribution in [3.63, 3.8) is 0 Å². The first-order valence-electron chi connectivity index (χ1n) is 5.98. The van der Waals surface area contributed by atoms with E-state index in [4.69, 9.17) is 14.9 Å². The molecule has 90 valence electrons. The third-order valence-electron chi connectivity index (χ3n) is 2.88. The summed E-state index contributed by atoms with van der Waals surface area (Å²) in [7, 11) is 0. The highest BCUT2D eigenvalue weighted by Gasteiger charge is 2.14. The molecule has 1 aromatic rings. The Morgan fingerprint density at radius 1 is 1.38 bits per heavy atom. The molecule has 2 rings (SSSR count). The SMILES string of the molecule is NCc1ccc(CNCCC2CCCO2)o1. The van der Waals surface area contributed by atoms with E-state index in [0.717, 1.165) is 37.6 Å². The lowest BCUT2D eigenvalue weighted by Crippen LogP contribution is -2.19. The summed E-state index contributed by atoms with van der Waals surface area (Å²) in [5, 5.41) is 3.35. The summed E-state index contributed by atoms with van der Waals surface area (Å²) in [4.78, 5) is 0. The van der Waals surface area contributed by atoms with Gasteiger partial charge in [0.05, 0.1) is 19.2 Å². The number of nitrogens with two attached hydrogens (primary N) is 1. The molecule has 16 heavy (non-hydrogen) atoms. The van der Waals surface area contributed by atoms with Crippen LogP contribution < -0.4 is 11.1 Å². The van der Waals surface area contributed by atoms with Gasteiger partial charge in [0.25, 0.3) is 0 Å². The molecule has 4 heteroatoms. The summed E-state index contributed by atoms with van der Waals surface area (Å²) in [6, 6.07) is 3.90. The molecule has 1 aliphatic heterocycles. The largest absolute Gasteiger partial charge is 0.463 e. The highest BCUT2D eigenvalue weighted by molar-refractivity contribution is 5.06. The summed E-state index contributed by atoms with van der Waals surface area (Å²) < 4.78 is 11.0. The second-order valence-electron chi connectivity index (χ2n) is 4.17. The van der Waals surface area contributed by atoms with Gasteiger partial charge in [0.15, 0.2) is 0 Å². The Bertz CT molecular complexity index is 306. The van der Waals surface area contributed by atoms with Crippen LogP contribution in [0.2, 0.25) is 0 Å². The lowest BCUT2D eigenvalue weighted by molar-refractivity contribution is 0.104. The van der Waals surface area contributed by atoms with Crippen molar-refractivity contribution in [3.8, 4) is 0 Å². The Labute approximate surface area is 96.1 Å².